The van der Waals surface area contributed by atoms with Crippen molar-refractivity contribution in [1.82, 2.24) is 5.32 Å². The molecule has 0 heterocycles. The lowest BCUT2D eigenvalue weighted by atomic mass is 9.98. The maximum absolute atomic E-state index is 11.3. The molecule has 94 valence electrons. The molecule has 0 fully saturated rings. The molecule has 1 unspecified atom stereocenters. The maximum atomic E-state index is 11.3. The lowest BCUT2D eigenvalue weighted by molar-refractivity contribution is -0.139. The highest BCUT2D eigenvalue weighted by molar-refractivity contribution is 5.76. The van der Waals surface area contributed by atoms with Crippen molar-refractivity contribution in [2.75, 3.05) is 6.54 Å². The van der Waals surface area contributed by atoms with E-state index in [4.69, 9.17) is 0 Å². The minimum Gasteiger partial charge on any atom is -0.480 e. The Kier molecular flexibility index (Phi) is 5.16. The predicted molar refractivity (Wildman–Crippen MR) is 69.0 cm³/mol. The highest BCUT2D eigenvalue weighted by Gasteiger charge is 2.21. The quantitative estimate of drug-likeness (QED) is 0.797. The van der Waals surface area contributed by atoms with Crippen LogP contribution in [0.25, 0.3) is 0 Å². The van der Waals surface area contributed by atoms with E-state index in [9.17, 15) is 9.90 Å². The summed E-state index contributed by atoms with van der Waals surface area (Å²) in [5.74, 6) is -0.378. The number of carboxylic acids is 1. The van der Waals surface area contributed by atoms with Gasteiger partial charge in [-0.1, -0.05) is 45.0 Å². The molecule has 0 aliphatic rings. The van der Waals surface area contributed by atoms with Gasteiger partial charge in [-0.15, -0.1) is 0 Å². The molecule has 1 aromatic rings. The first kappa shape index (κ1) is 13.7. The second-order valence-corrected chi connectivity index (χ2v) is 4.63. The Morgan fingerprint density at radius 3 is 2.53 bits per heavy atom. The van der Waals surface area contributed by atoms with Gasteiger partial charge in [0.25, 0.3) is 0 Å². The van der Waals surface area contributed by atoms with Crippen LogP contribution in [0.5, 0.6) is 0 Å². The first-order valence-corrected chi connectivity index (χ1v) is 6.10. The Bertz CT molecular complexity index is 374. The molecule has 0 saturated carbocycles. The van der Waals surface area contributed by atoms with Crippen LogP contribution in [0, 0.1) is 5.92 Å². The topological polar surface area (TPSA) is 49.3 Å². The SMILES string of the molecule is CCc1ccccc1C(NCC(C)C)C(=O)O. The van der Waals surface area contributed by atoms with Crippen molar-refractivity contribution in [2.24, 2.45) is 5.92 Å². The summed E-state index contributed by atoms with van der Waals surface area (Å²) in [5.41, 5.74) is 1.97. The molecule has 2 N–H and O–H groups in total. The van der Waals surface area contributed by atoms with Gasteiger partial charge in [0.05, 0.1) is 0 Å². The number of carbonyl (C=O) groups is 1. The van der Waals surface area contributed by atoms with Gasteiger partial charge in [0.1, 0.15) is 6.04 Å². The van der Waals surface area contributed by atoms with E-state index < -0.39 is 12.0 Å². The number of hydrogen-bond acceptors (Lipinski definition) is 2. The molecule has 3 nitrogen and oxygen atoms in total. The fourth-order valence-electron chi connectivity index (χ4n) is 1.82. The average Bonchev–Trinajstić information content (AvgIpc) is 2.29. The minimum atomic E-state index is -0.813. The summed E-state index contributed by atoms with van der Waals surface area (Å²) >= 11 is 0. The van der Waals surface area contributed by atoms with E-state index in [1.807, 2.05) is 31.2 Å². The Morgan fingerprint density at radius 2 is 2.00 bits per heavy atom. The number of rotatable bonds is 6. The molecule has 1 rings (SSSR count). The zero-order chi connectivity index (χ0) is 12.8. The Balaban J connectivity index is 2.93. The summed E-state index contributed by atoms with van der Waals surface area (Å²) in [4.78, 5) is 11.3. The number of aryl methyl sites for hydroxylation is 1. The van der Waals surface area contributed by atoms with Crippen molar-refractivity contribution in [3.63, 3.8) is 0 Å². The molecule has 1 atom stereocenters. The summed E-state index contributed by atoms with van der Waals surface area (Å²) in [6, 6.07) is 7.12. The van der Waals surface area contributed by atoms with E-state index in [0.29, 0.717) is 12.5 Å². The fourth-order valence-corrected chi connectivity index (χ4v) is 1.82. The third-order valence-electron chi connectivity index (χ3n) is 2.72. The second-order valence-electron chi connectivity index (χ2n) is 4.63. The number of hydrogen-bond donors (Lipinski definition) is 2. The molecule has 17 heavy (non-hydrogen) atoms. The molecular weight excluding hydrogens is 214 g/mol. The second kappa shape index (κ2) is 6.40. The minimum absolute atomic E-state index is 0.436. The van der Waals surface area contributed by atoms with Crippen LogP contribution in [-0.4, -0.2) is 17.6 Å². The number of benzene rings is 1. The molecular formula is C14H21NO2. The molecule has 0 aliphatic carbocycles. The van der Waals surface area contributed by atoms with Crippen LogP contribution in [0.3, 0.4) is 0 Å². The smallest absolute Gasteiger partial charge is 0.325 e. The summed E-state index contributed by atoms with van der Waals surface area (Å²) in [5, 5.41) is 12.4. The normalized spacial score (nSPS) is 12.7. The first-order valence-electron chi connectivity index (χ1n) is 6.10. The Labute approximate surface area is 103 Å². The molecule has 0 aliphatic heterocycles. The van der Waals surface area contributed by atoms with E-state index >= 15 is 0 Å². The molecule has 0 bridgehead atoms. The molecule has 1 aromatic carbocycles. The van der Waals surface area contributed by atoms with Crippen LogP contribution in [-0.2, 0) is 11.2 Å². The van der Waals surface area contributed by atoms with Crippen LogP contribution in [0.15, 0.2) is 24.3 Å². The van der Waals surface area contributed by atoms with Gasteiger partial charge in [-0.2, -0.15) is 0 Å². The Morgan fingerprint density at radius 1 is 1.35 bits per heavy atom. The lowest BCUT2D eigenvalue weighted by Crippen LogP contribution is -2.32. The van der Waals surface area contributed by atoms with Crippen molar-refractivity contribution in [3.05, 3.63) is 35.4 Å². The van der Waals surface area contributed by atoms with Gasteiger partial charge >= 0.3 is 5.97 Å². The van der Waals surface area contributed by atoms with Gasteiger partial charge < -0.3 is 10.4 Å². The molecule has 0 saturated heterocycles. The standard InChI is InChI=1S/C14H21NO2/c1-4-11-7-5-6-8-12(11)13(14(16)17)15-9-10(2)3/h5-8,10,13,15H,4,9H2,1-3H3,(H,16,17). The fraction of sp³-hybridized carbons (Fsp3) is 0.500. The van der Waals surface area contributed by atoms with Crippen LogP contribution in [0.2, 0.25) is 0 Å². The van der Waals surface area contributed by atoms with Crippen molar-refractivity contribution in [2.45, 2.75) is 33.2 Å². The van der Waals surface area contributed by atoms with Crippen LogP contribution in [0.1, 0.15) is 37.9 Å². The Hall–Kier alpha value is -1.35. The summed E-state index contributed by atoms with van der Waals surface area (Å²) in [6.07, 6.45) is 0.851. The number of nitrogens with one attached hydrogen (secondary N) is 1. The lowest BCUT2D eigenvalue weighted by Gasteiger charge is -2.19. The number of aliphatic carboxylic acids is 1. The van der Waals surface area contributed by atoms with Gasteiger partial charge in [-0.3, -0.25) is 4.79 Å². The van der Waals surface area contributed by atoms with Crippen LogP contribution in [0.4, 0.5) is 0 Å². The van der Waals surface area contributed by atoms with Crippen molar-refractivity contribution in [1.29, 1.82) is 0 Å². The highest BCUT2D eigenvalue weighted by atomic mass is 16.4. The van der Waals surface area contributed by atoms with E-state index in [-0.39, 0.29) is 0 Å². The van der Waals surface area contributed by atoms with Gasteiger partial charge in [0.15, 0.2) is 0 Å². The summed E-state index contributed by atoms with van der Waals surface area (Å²) in [7, 11) is 0. The van der Waals surface area contributed by atoms with Crippen molar-refractivity contribution in [3.8, 4) is 0 Å². The third-order valence-corrected chi connectivity index (χ3v) is 2.72. The highest BCUT2D eigenvalue weighted by Crippen LogP contribution is 2.19. The largest absolute Gasteiger partial charge is 0.480 e. The van der Waals surface area contributed by atoms with Gasteiger partial charge in [-0.25, -0.2) is 0 Å². The monoisotopic (exact) mass is 235 g/mol. The first-order chi connectivity index (χ1) is 8.06. The van der Waals surface area contributed by atoms with E-state index in [1.165, 1.54) is 0 Å². The van der Waals surface area contributed by atoms with E-state index in [2.05, 4.69) is 19.2 Å². The molecule has 3 heteroatoms. The van der Waals surface area contributed by atoms with Crippen LogP contribution >= 0.6 is 0 Å². The van der Waals surface area contributed by atoms with Gasteiger partial charge in [0.2, 0.25) is 0 Å². The van der Waals surface area contributed by atoms with E-state index in [0.717, 1.165) is 17.5 Å². The van der Waals surface area contributed by atoms with Crippen LogP contribution < -0.4 is 5.32 Å². The third kappa shape index (κ3) is 3.86. The molecule has 0 amide bonds. The zero-order valence-electron chi connectivity index (χ0n) is 10.7. The molecule has 0 spiro atoms. The van der Waals surface area contributed by atoms with Gasteiger partial charge in [0, 0.05) is 0 Å². The van der Waals surface area contributed by atoms with Crippen molar-refractivity contribution < 1.29 is 9.90 Å². The van der Waals surface area contributed by atoms with Crippen molar-refractivity contribution >= 4 is 5.97 Å². The maximum Gasteiger partial charge on any atom is 0.325 e. The number of carboxylic acid groups (broad SMARTS) is 1. The zero-order valence-corrected chi connectivity index (χ0v) is 10.7. The van der Waals surface area contributed by atoms with Gasteiger partial charge in [-0.05, 0) is 30.0 Å². The summed E-state index contributed by atoms with van der Waals surface area (Å²) < 4.78 is 0. The average molecular weight is 235 g/mol. The summed E-state index contributed by atoms with van der Waals surface area (Å²) in [6.45, 7) is 6.88. The predicted octanol–water partition coefficient (Wildman–Crippen LogP) is 2.62. The molecule has 0 radical (unpaired) electrons. The van der Waals surface area contributed by atoms with E-state index in [1.54, 1.807) is 0 Å². The molecule has 0 aromatic heterocycles.